The van der Waals surface area contributed by atoms with Crippen LogP contribution in [0.2, 0.25) is 0 Å². The minimum atomic E-state index is -1.11. The van der Waals surface area contributed by atoms with Gasteiger partial charge < -0.3 is 10.2 Å². The van der Waals surface area contributed by atoms with Crippen LogP contribution in [-0.2, 0) is 25.7 Å². The third-order valence-electron chi connectivity index (χ3n) is 13.8. The van der Waals surface area contributed by atoms with E-state index in [0.717, 1.165) is 11.1 Å². The Morgan fingerprint density at radius 2 is 0.560 bits per heavy atom. The first kappa shape index (κ1) is 65.4. The number of fused-ring (bicyclic) bond motifs is 2. The largest absolute Gasteiger partial charge is 0.478 e. The predicted molar refractivity (Wildman–Crippen MR) is 411 cm³/mol. The van der Waals surface area contributed by atoms with Crippen molar-refractivity contribution in [2.45, 2.75) is 81.1 Å². The summed E-state index contributed by atoms with van der Waals surface area (Å²) >= 11 is 27.2. The molecule has 0 heterocycles. The van der Waals surface area contributed by atoms with Crippen LogP contribution in [0.1, 0.15) is 110 Å². The van der Waals surface area contributed by atoms with Gasteiger partial charge >= 0.3 is 11.9 Å². The molecule has 0 fully saturated rings. The van der Waals surface area contributed by atoms with Gasteiger partial charge in [0.2, 0.25) is 0 Å². The summed E-state index contributed by atoms with van der Waals surface area (Å²) in [5.41, 5.74) is 21.1. The fourth-order valence-corrected chi connectivity index (χ4v) is 17.1. The van der Waals surface area contributed by atoms with Crippen molar-refractivity contribution in [3.63, 3.8) is 0 Å². The van der Waals surface area contributed by atoms with Gasteiger partial charge in [0.25, 0.3) is 0 Å². The molecule has 16 heteroatoms. The molecular weight excluding hydrogens is 2300 g/mol. The van der Waals surface area contributed by atoms with Crippen molar-refractivity contribution in [3.8, 4) is 61.6 Å². The van der Waals surface area contributed by atoms with E-state index in [4.69, 9.17) is 0 Å². The molecule has 0 amide bonds. The molecule has 2 aliphatic rings. The molecule has 8 rings (SSSR count). The molecular formula is C59H40I12O4. The van der Waals surface area contributed by atoms with Crippen molar-refractivity contribution in [3.05, 3.63) is 165 Å². The molecule has 0 saturated heterocycles. The molecule has 1 spiro atoms. The van der Waals surface area contributed by atoms with Crippen molar-refractivity contribution in [2.75, 3.05) is 0 Å². The van der Waals surface area contributed by atoms with E-state index in [1.807, 2.05) is 118 Å². The van der Waals surface area contributed by atoms with Gasteiger partial charge in [-0.2, -0.15) is 0 Å². The topological polar surface area (TPSA) is 74.6 Å². The number of benzene rings is 6. The van der Waals surface area contributed by atoms with Crippen LogP contribution in [0.5, 0.6) is 0 Å². The molecule has 0 aromatic heterocycles. The summed E-state index contributed by atoms with van der Waals surface area (Å²) in [5, 5.41) is 20.0. The molecule has 2 aliphatic carbocycles. The Hall–Kier alpha value is 1.26. The summed E-state index contributed by atoms with van der Waals surface area (Å²) < 4.78 is 22.2. The zero-order valence-electron chi connectivity index (χ0n) is 41.0. The second kappa shape index (κ2) is 28.2. The maximum atomic E-state index is 12.2. The summed E-state index contributed by atoms with van der Waals surface area (Å²) in [6.07, 6.45) is 5.04. The van der Waals surface area contributed by atoms with E-state index in [-0.39, 0.29) is 11.1 Å². The van der Waals surface area contributed by atoms with Crippen molar-refractivity contribution in [2.24, 2.45) is 5.41 Å². The smallest absolute Gasteiger partial charge is 0.338 e. The van der Waals surface area contributed by atoms with E-state index in [1.54, 1.807) is 22.3 Å². The highest BCUT2D eigenvalue weighted by Crippen LogP contribution is 2.49. The van der Waals surface area contributed by atoms with Gasteiger partial charge in [-0.05, 0) is 408 Å². The Bertz CT molecular complexity index is 3260. The average Bonchev–Trinajstić information content (AvgIpc) is 3.86. The van der Waals surface area contributed by atoms with Crippen molar-refractivity contribution in [1.82, 2.24) is 0 Å². The molecule has 384 valence electrons. The lowest BCUT2D eigenvalue weighted by Gasteiger charge is -2.23. The lowest BCUT2D eigenvalue weighted by Crippen LogP contribution is -2.21. The summed E-state index contributed by atoms with van der Waals surface area (Å²) in [6.45, 7) is 16.3. The van der Waals surface area contributed by atoms with Crippen LogP contribution < -0.4 is 0 Å². The lowest BCUT2D eigenvalue weighted by molar-refractivity contribution is 0.0685. The Labute approximate surface area is 604 Å². The molecule has 75 heavy (non-hydrogen) atoms. The van der Waals surface area contributed by atoms with Crippen LogP contribution >= 0.6 is 271 Å². The van der Waals surface area contributed by atoms with Gasteiger partial charge in [0.15, 0.2) is 0 Å². The van der Waals surface area contributed by atoms with Gasteiger partial charge in [-0.15, -0.1) is 0 Å². The van der Waals surface area contributed by atoms with Crippen LogP contribution in [0.4, 0.5) is 0 Å². The van der Waals surface area contributed by atoms with Gasteiger partial charge in [-0.25, -0.2) is 9.59 Å². The molecule has 6 aromatic rings. The first-order valence-corrected chi connectivity index (χ1v) is 35.4. The molecule has 0 saturated carbocycles. The van der Waals surface area contributed by atoms with Crippen molar-refractivity contribution in [1.29, 1.82) is 0 Å². The van der Waals surface area contributed by atoms with Crippen molar-refractivity contribution < 1.29 is 19.8 Å². The highest BCUT2D eigenvalue weighted by Gasteiger charge is 2.42. The highest BCUT2D eigenvalue weighted by molar-refractivity contribution is 14.1. The molecule has 0 radical (unpaired) electrons. The first-order chi connectivity index (χ1) is 35.3. The number of carboxylic acids is 2. The van der Waals surface area contributed by atoms with Crippen LogP contribution in [-0.4, -0.2) is 22.2 Å². The second-order valence-electron chi connectivity index (χ2n) is 18.2. The molecule has 0 aliphatic heterocycles. The van der Waals surface area contributed by atoms with Gasteiger partial charge in [0.1, 0.15) is 0 Å². The van der Waals surface area contributed by atoms with Gasteiger partial charge in [0.05, 0.1) is 11.1 Å². The normalized spacial score (nSPS) is 12.2. The summed E-state index contributed by atoms with van der Waals surface area (Å²) in [5.74, 6) is 9.56. The Kier molecular flexibility index (Phi) is 24.6. The fraction of sp³-hybridized carbons (Fsp3) is 0.220. The van der Waals surface area contributed by atoms with Crippen molar-refractivity contribution >= 4 is 283 Å². The van der Waals surface area contributed by atoms with E-state index < -0.39 is 11.9 Å². The number of hydrogen-bond donors (Lipinski definition) is 2. The fourth-order valence-electron chi connectivity index (χ4n) is 10.4. The van der Waals surface area contributed by atoms with Gasteiger partial charge in [-0.1, -0.05) is 23.7 Å². The van der Waals surface area contributed by atoms with Crippen LogP contribution in [0.25, 0.3) is 22.3 Å². The van der Waals surface area contributed by atoms with Crippen LogP contribution in [0.3, 0.4) is 0 Å². The summed E-state index contributed by atoms with van der Waals surface area (Å²) in [7, 11) is 0. The predicted octanol–water partition coefficient (Wildman–Crippen LogP) is 20.0. The maximum absolute atomic E-state index is 12.2. The monoisotopic (exact) mass is 2340 g/mol. The third kappa shape index (κ3) is 14.1. The molecule has 0 atom stereocenters. The number of halogens is 12. The summed E-state index contributed by atoms with van der Waals surface area (Å²) in [4.78, 5) is 24.5. The van der Waals surface area contributed by atoms with E-state index >= 15 is 0 Å². The molecule has 6 aromatic carbocycles. The summed E-state index contributed by atoms with van der Waals surface area (Å²) in [6, 6.07) is 14.2. The van der Waals surface area contributed by atoms with Gasteiger partial charge in [-0.3, -0.25) is 0 Å². The Morgan fingerprint density at radius 3 is 0.747 bits per heavy atom. The Balaban J connectivity index is 0.000000192. The van der Waals surface area contributed by atoms with E-state index in [2.05, 4.69) is 284 Å². The highest BCUT2D eigenvalue weighted by atomic mass is 127. The van der Waals surface area contributed by atoms with E-state index in [0.29, 0.717) is 49.9 Å². The Morgan fingerprint density at radius 1 is 0.360 bits per heavy atom. The zero-order valence-corrected chi connectivity index (χ0v) is 66.9. The first-order valence-electron chi connectivity index (χ1n) is 22.4. The maximum Gasteiger partial charge on any atom is 0.338 e. The number of rotatable bonds is 4. The average molecular weight is 2340 g/mol. The van der Waals surface area contributed by atoms with Crippen LogP contribution in [0.15, 0.2) is 36.4 Å². The molecule has 0 bridgehead atoms. The minimum absolute atomic E-state index is 0.0594. The number of carboxylic acid groups (broad SMARTS) is 2. The minimum Gasteiger partial charge on any atom is -0.478 e. The molecule has 4 nitrogen and oxygen atoms in total. The second-order valence-corrected chi connectivity index (χ2v) is 29.7. The van der Waals surface area contributed by atoms with Crippen LogP contribution in [0, 0.1) is 129 Å². The van der Waals surface area contributed by atoms with E-state index in [1.165, 1.54) is 87.6 Å². The molecule has 0 unspecified atom stereocenters. The molecule has 2 N–H and O–H groups in total. The number of carbonyl (C=O) groups is 2. The number of hydrogen-bond acceptors (Lipinski definition) is 2. The zero-order chi connectivity index (χ0) is 55.7. The third-order valence-corrected chi connectivity index (χ3v) is 25.0. The quantitative estimate of drug-likeness (QED) is 0.136. The van der Waals surface area contributed by atoms with Gasteiger partial charge in [0, 0.05) is 141 Å². The lowest BCUT2D eigenvalue weighted by atomic mass is 9.79. The standard InChI is InChI=1S/C26H14I4O4.C17H12I4.C16H14I4/c1-13-17(5-9-27)23(25(31)32)18(6-10-28)14(2)21(13)22-15(3)19(7-11-29)24(26(33)34)20(8-12-30)16(22)4;18-13-1-9-5-17(6-10(9)2-14(13)19)7-11-3-15(20)16(21)4-12(11)8-17;1-7-11(17)5-12(18)8(2)15(7)16-9(3)13(19)6-14(20)10(16)4/h1-4H3,(H,31,32)(H,33,34);1-4H,5-8H2;5-6H,1-4H3. The number of aromatic carboxylic acids is 2. The SMILES string of the molecule is Cc1c(C#CI)c(C(=O)O)c(C#CI)c(C)c1-c1c(C)c(C#CI)c(C(=O)O)c(C#CI)c1C.Cc1c(I)cc(I)c(C)c1-c1c(C)c(I)cc(I)c1C.Ic1cc2c(cc1I)CC1(C2)Cc2cc(I)c(I)cc2C1. The van der Waals surface area contributed by atoms with E-state index in [9.17, 15) is 19.8 Å².